The van der Waals surface area contributed by atoms with Gasteiger partial charge >= 0.3 is 12.2 Å². The van der Waals surface area contributed by atoms with Gasteiger partial charge in [0.25, 0.3) is 0 Å². The van der Waals surface area contributed by atoms with Gasteiger partial charge < -0.3 is 29.3 Å². The molecule has 1 heterocycles. The molecule has 1 unspecified atom stereocenters. The molecule has 0 bridgehead atoms. The highest BCUT2D eigenvalue weighted by atomic mass is 16.7. The molecule has 0 aliphatic carbocycles. The molecule has 1 atom stereocenters. The molecular weight excluding hydrogens is 540 g/mol. The zero-order chi connectivity index (χ0) is 30.9. The highest BCUT2D eigenvalue weighted by Gasteiger charge is 2.27. The maximum Gasteiger partial charge on any atom is 0.444 e. The van der Waals surface area contributed by atoms with Crippen molar-refractivity contribution in [3.05, 3.63) is 59.9 Å². The van der Waals surface area contributed by atoms with Crippen molar-refractivity contribution >= 4 is 29.5 Å². The van der Waals surface area contributed by atoms with Crippen molar-refractivity contribution in [2.45, 2.75) is 71.8 Å². The van der Waals surface area contributed by atoms with Gasteiger partial charge in [0, 0.05) is 31.4 Å². The van der Waals surface area contributed by atoms with Gasteiger partial charge in [-0.05, 0) is 83.4 Å². The number of piperazine rings is 1. The van der Waals surface area contributed by atoms with E-state index in [4.69, 9.17) is 19.0 Å². The molecule has 2 aromatic rings. The minimum absolute atomic E-state index is 0.0347. The number of rotatable bonds is 9. The number of hydrogen-bond acceptors (Lipinski definition) is 9. The summed E-state index contributed by atoms with van der Waals surface area (Å²) in [7, 11) is 1.62. The smallest absolute Gasteiger partial charge is 0.444 e. The average molecular weight is 583 g/mol. The standard InChI is InChI=1S/C31H42N4O7/c1-30(2,3)41-28(37)33-24-11-8-22(9-12-24)18-25-20-32-14-15-34(25)26-19-23(10-13-27(26)39-7)21-35(40-17-16-36)29(38)42-31(4,5)6/h8-13,17,19,25,32H,14-15,18,20-21H2,1-7H3,(H,33,37). The van der Waals surface area contributed by atoms with Crippen LogP contribution < -0.4 is 20.3 Å². The van der Waals surface area contributed by atoms with Crippen LogP contribution in [0.4, 0.5) is 21.0 Å². The molecule has 0 radical (unpaired) electrons. The number of carbonyl (C=O) groups excluding carboxylic acids is 3. The molecule has 0 aromatic heterocycles. The normalized spacial score (nSPS) is 15.2. The zero-order valence-corrected chi connectivity index (χ0v) is 25.5. The van der Waals surface area contributed by atoms with Crippen LogP contribution in [0.25, 0.3) is 0 Å². The average Bonchev–Trinajstić information content (AvgIpc) is 2.90. The highest BCUT2D eigenvalue weighted by Crippen LogP contribution is 2.33. The summed E-state index contributed by atoms with van der Waals surface area (Å²) < 4.78 is 16.5. The fraction of sp³-hybridized carbons (Fsp3) is 0.484. The van der Waals surface area contributed by atoms with Gasteiger partial charge in [0.1, 0.15) is 17.0 Å². The van der Waals surface area contributed by atoms with Crippen LogP contribution in [0.2, 0.25) is 0 Å². The third-order valence-corrected chi connectivity index (χ3v) is 6.12. The van der Waals surface area contributed by atoms with E-state index in [1.54, 1.807) is 27.9 Å². The van der Waals surface area contributed by atoms with Crippen LogP contribution in [-0.4, -0.2) is 67.2 Å². The Morgan fingerprint density at radius 3 is 2.33 bits per heavy atom. The monoisotopic (exact) mass is 582 g/mol. The van der Waals surface area contributed by atoms with Gasteiger partial charge in [-0.3, -0.25) is 5.32 Å². The molecule has 3 rings (SSSR count). The third-order valence-electron chi connectivity index (χ3n) is 6.12. The Labute approximate surface area is 247 Å². The summed E-state index contributed by atoms with van der Waals surface area (Å²) in [6, 6.07) is 13.4. The Bertz CT molecular complexity index is 1260. The number of hydroxylamine groups is 2. The van der Waals surface area contributed by atoms with Crippen molar-refractivity contribution in [1.29, 1.82) is 0 Å². The maximum atomic E-state index is 12.7. The highest BCUT2D eigenvalue weighted by molar-refractivity contribution is 5.84. The lowest BCUT2D eigenvalue weighted by atomic mass is 10.0. The number of amides is 2. The Morgan fingerprint density at radius 1 is 1.05 bits per heavy atom. The number of hydrogen-bond donors (Lipinski definition) is 2. The number of nitrogens with zero attached hydrogens (tertiary/aromatic N) is 2. The van der Waals surface area contributed by atoms with Crippen LogP contribution in [0, 0.1) is 0 Å². The SMILES string of the molecule is COc1ccc(CN(OC=C=O)C(=O)OC(C)(C)C)cc1N1CCNCC1Cc1ccc(NC(=O)OC(C)(C)C)cc1. The molecule has 0 saturated carbocycles. The van der Waals surface area contributed by atoms with Crippen LogP contribution in [0.1, 0.15) is 52.7 Å². The van der Waals surface area contributed by atoms with Crippen LogP contribution in [-0.2, 0) is 32.1 Å². The van der Waals surface area contributed by atoms with Crippen molar-refractivity contribution in [1.82, 2.24) is 10.4 Å². The molecule has 228 valence electrons. The summed E-state index contributed by atoms with van der Waals surface area (Å²) in [5.41, 5.74) is 2.07. The lowest BCUT2D eigenvalue weighted by Gasteiger charge is -2.39. The fourth-order valence-corrected chi connectivity index (χ4v) is 4.45. The Kier molecular flexibility index (Phi) is 10.9. The summed E-state index contributed by atoms with van der Waals surface area (Å²) in [6.07, 6.45) is 0.290. The van der Waals surface area contributed by atoms with Crippen molar-refractivity contribution in [3.63, 3.8) is 0 Å². The predicted octanol–water partition coefficient (Wildman–Crippen LogP) is 5.08. The van der Waals surface area contributed by atoms with Crippen LogP contribution in [0.5, 0.6) is 5.75 Å². The van der Waals surface area contributed by atoms with E-state index in [0.717, 1.165) is 54.2 Å². The van der Waals surface area contributed by atoms with E-state index in [1.807, 2.05) is 63.2 Å². The predicted molar refractivity (Wildman–Crippen MR) is 160 cm³/mol. The van der Waals surface area contributed by atoms with E-state index in [-0.39, 0.29) is 12.6 Å². The first-order chi connectivity index (χ1) is 19.8. The van der Waals surface area contributed by atoms with Crippen molar-refractivity contribution in [2.75, 3.05) is 37.0 Å². The van der Waals surface area contributed by atoms with Crippen LogP contribution in [0.3, 0.4) is 0 Å². The van der Waals surface area contributed by atoms with Crippen LogP contribution >= 0.6 is 0 Å². The molecule has 42 heavy (non-hydrogen) atoms. The lowest BCUT2D eigenvalue weighted by Crippen LogP contribution is -2.52. The molecule has 1 aliphatic heterocycles. The number of nitrogens with one attached hydrogen (secondary N) is 2. The zero-order valence-electron chi connectivity index (χ0n) is 25.5. The first kappa shape index (κ1) is 32.3. The Morgan fingerprint density at radius 2 is 1.71 bits per heavy atom. The fourth-order valence-electron chi connectivity index (χ4n) is 4.45. The molecule has 2 aromatic carbocycles. The second-order valence-corrected chi connectivity index (χ2v) is 11.9. The van der Waals surface area contributed by atoms with Gasteiger partial charge in [-0.2, -0.15) is 0 Å². The van der Waals surface area contributed by atoms with E-state index >= 15 is 0 Å². The molecule has 1 aliphatic rings. The van der Waals surface area contributed by atoms with Gasteiger partial charge in [-0.15, -0.1) is 5.06 Å². The molecule has 2 N–H and O–H groups in total. The second-order valence-electron chi connectivity index (χ2n) is 11.9. The Hall–Kier alpha value is -4.21. The number of ether oxygens (including phenoxy) is 3. The largest absolute Gasteiger partial charge is 0.495 e. The van der Waals surface area contributed by atoms with E-state index in [1.165, 1.54) is 5.94 Å². The molecule has 11 heteroatoms. The first-order valence-corrected chi connectivity index (χ1v) is 13.9. The minimum atomic E-state index is -0.743. The van der Waals surface area contributed by atoms with Gasteiger partial charge in [0.05, 0.1) is 19.3 Å². The molecule has 0 spiro atoms. The van der Waals surface area contributed by atoms with Gasteiger partial charge in [-0.1, -0.05) is 18.2 Å². The number of benzene rings is 2. The van der Waals surface area contributed by atoms with Crippen molar-refractivity contribution in [3.8, 4) is 5.75 Å². The summed E-state index contributed by atoms with van der Waals surface area (Å²) in [5, 5.41) is 7.21. The summed E-state index contributed by atoms with van der Waals surface area (Å²) in [5.74, 6) is 2.22. The number of carbonyl (C=O) groups is 2. The number of anilines is 2. The summed E-state index contributed by atoms with van der Waals surface area (Å²) in [6.45, 7) is 13.0. The minimum Gasteiger partial charge on any atom is -0.495 e. The van der Waals surface area contributed by atoms with Crippen molar-refractivity contribution in [2.24, 2.45) is 0 Å². The van der Waals surface area contributed by atoms with Gasteiger partial charge in [0.15, 0.2) is 5.94 Å². The summed E-state index contributed by atoms with van der Waals surface area (Å²) in [4.78, 5) is 43.1. The van der Waals surface area contributed by atoms with E-state index in [9.17, 15) is 14.4 Å². The van der Waals surface area contributed by atoms with Gasteiger partial charge in [0.2, 0.25) is 6.26 Å². The summed E-state index contributed by atoms with van der Waals surface area (Å²) >= 11 is 0. The quantitative estimate of drug-likeness (QED) is 0.237. The molecular formula is C31H42N4O7. The van der Waals surface area contributed by atoms with E-state index in [2.05, 4.69) is 15.5 Å². The number of methoxy groups -OCH3 is 1. The maximum absolute atomic E-state index is 12.7. The molecule has 2 amide bonds. The molecule has 1 fully saturated rings. The molecule has 1 saturated heterocycles. The second kappa shape index (κ2) is 14.1. The van der Waals surface area contributed by atoms with Crippen molar-refractivity contribution < 1.29 is 33.4 Å². The molecule has 11 nitrogen and oxygen atoms in total. The van der Waals surface area contributed by atoms with E-state index < -0.39 is 23.4 Å². The lowest BCUT2D eigenvalue weighted by molar-refractivity contribution is -0.107. The third kappa shape index (κ3) is 10.0. The van der Waals surface area contributed by atoms with Gasteiger partial charge in [-0.25, -0.2) is 14.4 Å². The van der Waals surface area contributed by atoms with E-state index in [0.29, 0.717) is 11.4 Å². The first-order valence-electron chi connectivity index (χ1n) is 13.9. The Balaban J connectivity index is 1.79. The van der Waals surface area contributed by atoms with Crippen LogP contribution in [0.15, 0.2) is 48.7 Å². The topological polar surface area (TPSA) is 119 Å².